The molecule has 0 heterocycles. The number of benzene rings is 2. The van der Waals surface area contributed by atoms with Gasteiger partial charge in [0.15, 0.2) is 0 Å². The van der Waals surface area contributed by atoms with Gasteiger partial charge in [0.05, 0.1) is 4.90 Å². The fourth-order valence-corrected chi connectivity index (χ4v) is 3.68. The van der Waals surface area contributed by atoms with Gasteiger partial charge < -0.3 is 10.2 Å². The standard InChI is InChI=1S/C16H11Cl2NO6S/c17-10-5-11(18)7-13(6-10)26(24,25)19-12-3-1-2-9(4-12)14(20)8-15(21)16(22)23/h1-8,19-20H,(H,22,23)/b14-8-. The molecule has 0 unspecified atom stereocenters. The van der Waals surface area contributed by atoms with E-state index in [1.807, 2.05) is 0 Å². The van der Waals surface area contributed by atoms with Crippen molar-refractivity contribution in [2.45, 2.75) is 4.90 Å². The Labute approximate surface area is 158 Å². The number of aliphatic carboxylic acids is 1. The fourth-order valence-electron chi connectivity index (χ4n) is 1.91. The van der Waals surface area contributed by atoms with E-state index in [1.165, 1.54) is 42.5 Å². The van der Waals surface area contributed by atoms with Crippen LogP contribution in [0, 0.1) is 0 Å². The van der Waals surface area contributed by atoms with Gasteiger partial charge in [0.1, 0.15) is 5.76 Å². The van der Waals surface area contributed by atoms with E-state index in [2.05, 4.69) is 4.72 Å². The van der Waals surface area contributed by atoms with Gasteiger partial charge in [-0.1, -0.05) is 35.3 Å². The number of hydrogen-bond donors (Lipinski definition) is 3. The summed E-state index contributed by atoms with van der Waals surface area (Å²) in [5.41, 5.74) is 0.116. The largest absolute Gasteiger partial charge is 0.507 e. The Morgan fingerprint density at radius 1 is 1.00 bits per heavy atom. The van der Waals surface area contributed by atoms with E-state index < -0.39 is 27.5 Å². The van der Waals surface area contributed by atoms with Crippen molar-refractivity contribution >= 4 is 56.4 Å². The van der Waals surface area contributed by atoms with Gasteiger partial charge in [-0.25, -0.2) is 13.2 Å². The molecule has 7 nitrogen and oxygen atoms in total. The Bertz CT molecular complexity index is 997. The number of hydrogen-bond acceptors (Lipinski definition) is 5. The van der Waals surface area contributed by atoms with Crippen LogP contribution in [0.25, 0.3) is 5.76 Å². The van der Waals surface area contributed by atoms with Gasteiger partial charge in [-0.2, -0.15) is 0 Å². The molecule has 0 saturated heterocycles. The summed E-state index contributed by atoms with van der Waals surface area (Å²) in [4.78, 5) is 21.5. The maximum Gasteiger partial charge on any atom is 0.376 e. The third kappa shape index (κ3) is 4.98. The van der Waals surface area contributed by atoms with Crippen molar-refractivity contribution in [3.05, 3.63) is 64.1 Å². The zero-order valence-corrected chi connectivity index (χ0v) is 15.1. The van der Waals surface area contributed by atoms with E-state index in [4.69, 9.17) is 28.3 Å². The molecule has 136 valence electrons. The molecule has 26 heavy (non-hydrogen) atoms. The molecule has 0 aliphatic heterocycles. The van der Waals surface area contributed by atoms with Crippen LogP contribution in [0.15, 0.2) is 53.4 Å². The van der Waals surface area contributed by atoms with Crippen molar-refractivity contribution in [1.29, 1.82) is 0 Å². The molecule has 10 heteroatoms. The van der Waals surface area contributed by atoms with Crippen LogP contribution in [0.4, 0.5) is 5.69 Å². The summed E-state index contributed by atoms with van der Waals surface area (Å²) >= 11 is 11.6. The predicted molar refractivity (Wildman–Crippen MR) is 97.0 cm³/mol. The van der Waals surface area contributed by atoms with Crippen molar-refractivity contribution < 1.29 is 28.2 Å². The summed E-state index contributed by atoms with van der Waals surface area (Å²) < 4.78 is 27.1. The average Bonchev–Trinajstić information content (AvgIpc) is 2.53. The molecule has 0 atom stereocenters. The van der Waals surface area contributed by atoms with E-state index in [-0.39, 0.29) is 26.2 Å². The van der Waals surface area contributed by atoms with Crippen LogP contribution >= 0.6 is 23.2 Å². The van der Waals surface area contributed by atoms with Crippen molar-refractivity contribution in [3.8, 4) is 0 Å². The molecule has 0 fully saturated rings. The molecule has 0 bridgehead atoms. The van der Waals surface area contributed by atoms with Crippen LogP contribution in [-0.2, 0) is 19.6 Å². The normalized spacial score (nSPS) is 11.8. The Morgan fingerprint density at radius 3 is 2.19 bits per heavy atom. The monoisotopic (exact) mass is 415 g/mol. The van der Waals surface area contributed by atoms with Gasteiger partial charge in [-0.05, 0) is 30.3 Å². The van der Waals surface area contributed by atoms with Gasteiger partial charge in [-0.15, -0.1) is 0 Å². The molecule has 0 aliphatic carbocycles. The summed E-state index contributed by atoms with van der Waals surface area (Å²) in [5, 5.41) is 18.6. The highest BCUT2D eigenvalue weighted by molar-refractivity contribution is 7.92. The van der Waals surface area contributed by atoms with Gasteiger partial charge in [-0.3, -0.25) is 9.52 Å². The summed E-state index contributed by atoms with van der Waals surface area (Å²) in [7, 11) is -4.02. The average molecular weight is 416 g/mol. The highest BCUT2D eigenvalue weighted by Crippen LogP contribution is 2.25. The third-order valence-corrected chi connectivity index (χ3v) is 4.83. The number of halogens is 2. The maximum atomic E-state index is 12.4. The molecule has 0 aliphatic rings. The highest BCUT2D eigenvalue weighted by atomic mass is 35.5. The number of rotatable bonds is 6. The maximum absolute atomic E-state index is 12.4. The van der Waals surface area contributed by atoms with Gasteiger partial charge in [0.25, 0.3) is 15.8 Å². The first-order valence-electron chi connectivity index (χ1n) is 6.86. The number of carbonyl (C=O) groups is 2. The zero-order chi connectivity index (χ0) is 19.5. The highest BCUT2D eigenvalue weighted by Gasteiger charge is 2.17. The number of ketones is 1. The molecular formula is C16H11Cl2NO6S. The molecule has 2 aromatic rings. The number of carboxylic acid groups (broad SMARTS) is 1. The lowest BCUT2D eigenvalue weighted by Gasteiger charge is -2.10. The number of nitrogens with one attached hydrogen (secondary N) is 1. The fraction of sp³-hybridized carbons (Fsp3) is 0. The van der Waals surface area contributed by atoms with Crippen molar-refractivity contribution in [3.63, 3.8) is 0 Å². The minimum absolute atomic E-state index is 0.0453. The van der Waals surface area contributed by atoms with Gasteiger partial charge >= 0.3 is 5.97 Å². The second-order valence-corrected chi connectivity index (χ2v) is 7.55. The molecule has 0 radical (unpaired) electrons. The first-order chi connectivity index (χ1) is 12.1. The van der Waals surface area contributed by atoms with Crippen LogP contribution in [-0.4, -0.2) is 30.4 Å². The molecule has 0 spiro atoms. The van der Waals surface area contributed by atoms with Crippen LogP contribution in [0.3, 0.4) is 0 Å². The topological polar surface area (TPSA) is 121 Å². The van der Waals surface area contributed by atoms with E-state index in [0.29, 0.717) is 6.08 Å². The SMILES string of the molecule is O=C(O)C(=O)/C=C(\O)c1cccc(NS(=O)(=O)c2cc(Cl)cc(Cl)c2)c1. The van der Waals surface area contributed by atoms with Crippen molar-refractivity contribution in [1.82, 2.24) is 0 Å². The quantitative estimate of drug-likeness (QED) is 0.377. The summed E-state index contributed by atoms with van der Waals surface area (Å²) in [6.45, 7) is 0. The smallest absolute Gasteiger partial charge is 0.376 e. The Balaban J connectivity index is 2.33. The molecular weight excluding hydrogens is 405 g/mol. The summed E-state index contributed by atoms with van der Waals surface area (Å²) in [6, 6.07) is 9.21. The summed E-state index contributed by atoms with van der Waals surface area (Å²) in [6.07, 6.45) is 0.521. The second kappa shape index (κ2) is 7.77. The molecule has 3 N–H and O–H groups in total. The van der Waals surface area contributed by atoms with E-state index >= 15 is 0 Å². The van der Waals surface area contributed by atoms with Crippen LogP contribution in [0.2, 0.25) is 10.0 Å². The van der Waals surface area contributed by atoms with E-state index in [0.717, 1.165) is 0 Å². The third-order valence-electron chi connectivity index (χ3n) is 3.04. The van der Waals surface area contributed by atoms with Crippen molar-refractivity contribution in [2.24, 2.45) is 0 Å². The first kappa shape index (κ1) is 19.8. The van der Waals surface area contributed by atoms with E-state index in [9.17, 15) is 23.1 Å². The Kier molecular flexibility index (Phi) is 5.91. The molecule has 2 rings (SSSR count). The number of carbonyl (C=O) groups excluding carboxylic acids is 1. The second-order valence-electron chi connectivity index (χ2n) is 4.99. The number of aliphatic hydroxyl groups is 1. The van der Waals surface area contributed by atoms with E-state index in [1.54, 1.807) is 0 Å². The molecule has 2 aromatic carbocycles. The Hall–Kier alpha value is -2.55. The van der Waals surface area contributed by atoms with Gasteiger partial charge in [0.2, 0.25) is 0 Å². The Morgan fingerprint density at radius 2 is 1.62 bits per heavy atom. The number of carboxylic acids is 1. The first-order valence-corrected chi connectivity index (χ1v) is 9.09. The molecule has 0 saturated carbocycles. The van der Waals surface area contributed by atoms with Gasteiger partial charge in [0, 0.05) is 27.4 Å². The minimum Gasteiger partial charge on any atom is -0.507 e. The van der Waals surface area contributed by atoms with Crippen LogP contribution < -0.4 is 4.72 Å². The minimum atomic E-state index is -4.02. The molecule has 0 amide bonds. The number of anilines is 1. The lowest BCUT2D eigenvalue weighted by atomic mass is 10.1. The molecule has 0 aromatic heterocycles. The zero-order valence-electron chi connectivity index (χ0n) is 12.8. The van der Waals surface area contributed by atoms with Crippen LogP contribution in [0.1, 0.15) is 5.56 Å². The lowest BCUT2D eigenvalue weighted by molar-refractivity contribution is -0.146. The van der Waals surface area contributed by atoms with Crippen LogP contribution in [0.5, 0.6) is 0 Å². The van der Waals surface area contributed by atoms with Crippen molar-refractivity contribution in [2.75, 3.05) is 4.72 Å². The lowest BCUT2D eigenvalue weighted by Crippen LogP contribution is -2.13. The summed E-state index contributed by atoms with van der Waals surface area (Å²) in [5.74, 6) is -3.67. The predicted octanol–water partition coefficient (Wildman–Crippen LogP) is 3.35. The number of aliphatic hydroxyl groups excluding tert-OH is 1. The number of sulfonamides is 1.